The van der Waals surface area contributed by atoms with Crippen LogP contribution in [-0.2, 0) is 6.61 Å². The molecule has 6 nitrogen and oxygen atoms in total. The molecule has 0 N–H and O–H groups in total. The van der Waals surface area contributed by atoms with Crippen LogP contribution < -0.4 is 24.4 Å². The van der Waals surface area contributed by atoms with Crippen molar-refractivity contribution in [3.05, 3.63) is 58.4 Å². The number of benzene rings is 2. The molecule has 6 heteroatoms. The topological polar surface area (TPSA) is 67.1 Å². The van der Waals surface area contributed by atoms with Crippen LogP contribution in [0.25, 0.3) is 11.0 Å². The molecule has 2 aromatic carbocycles. The Balaban J connectivity index is 1.84. The van der Waals surface area contributed by atoms with Crippen LogP contribution in [-0.4, -0.2) is 21.3 Å². The van der Waals surface area contributed by atoms with E-state index in [4.69, 9.17) is 23.4 Å². The van der Waals surface area contributed by atoms with Gasteiger partial charge in [-0.1, -0.05) is 0 Å². The van der Waals surface area contributed by atoms with Gasteiger partial charge in [-0.2, -0.15) is 0 Å². The molecule has 0 atom stereocenters. The zero-order valence-electron chi connectivity index (χ0n) is 14.2. The molecule has 0 fully saturated rings. The molecule has 0 unspecified atom stereocenters. The predicted molar refractivity (Wildman–Crippen MR) is 92.9 cm³/mol. The van der Waals surface area contributed by atoms with Crippen molar-refractivity contribution < 1.29 is 23.4 Å². The fraction of sp³-hybridized carbons (Fsp3) is 0.211. The quantitative estimate of drug-likeness (QED) is 0.684. The molecule has 0 radical (unpaired) electrons. The van der Waals surface area contributed by atoms with Gasteiger partial charge < -0.3 is 23.4 Å². The van der Waals surface area contributed by atoms with E-state index in [1.54, 1.807) is 57.7 Å². The molecule has 3 rings (SSSR count). The van der Waals surface area contributed by atoms with Crippen LogP contribution in [0.15, 0.2) is 51.7 Å². The van der Waals surface area contributed by atoms with E-state index >= 15 is 0 Å². The maximum Gasteiger partial charge on any atom is 0.193 e. The van der Waals surface area contributed by atoms with Crippen molar-refractivity contribution >= 4 is 11.0 Å². The van der Waals surface area contributed by atoms with Gasteiger partial charge in [0, 0.05) is 18.2 Å². The lowest BCUT2D eigenvalue weighted by atomic mass is 10.2. The number of ether oxygens (including phenoxy) is 4. The lowest BCUT2D eigenvalue weighted by Crippen LogP contribution is -2.05. The monoisotopic (exact) mass is 342 g/mol. The van der Waals surface area contributed by atoms with E-state index in [1.807, 2.05) is 0 Å². The molecule has 0 spiro atoms. The summed E-state index contributed by atoms with van der Waals surface area (Å²) in [6, 6.07) is 11.7. The second-order valence-electron chi connectivity index (χ2n) is 5.24. The standard InChI is InChI=1S/C19H18O6/c1-21-12-4-6-15-16(20)8-14(25-18(15)9-12)11-24-13-5-7-17(22-2)19(10-13)23-3/h4-10H,11H2,1-3H3. The summed E-state index contributed by atoms with van der Waals surface area (Å²) in [6.07, 6.45) is 0. The molecule has 0 amide bonds. The van der Waals surface area contributed by atoms with Crippen molar-refractivity contribution in [2.45, 2.75) is 6.61 Å². The summed E-state index contributed by atoms with van der Waals surface area (Å²) in [7, 11) is 4.68. The molecule has 0 aliphatic carbocycles. The van der Waals surface area contributed by atoms with Crippen LogP contribution in [0.4, 0.5) is 0 Å². The Labute approximate surface area is 144 Å². The summed E-state index contributed by atoms with van der Waals surface area (Å²) < 4.78 is 27.0. The molecule has 1 heterocycles. The van der Waals surface area contributed by atoms with Crippen LogP contribution in [0, 0.1) is 0 Å². The van der Waals surface area contributed by atoms with E-state index in [0.29, 0.717) is 39.7 Å². The number of hydrogen-bond donors (Lipinski definition) is 0. The highest BCUT2D eigenvalue weighted by Gasteiger charge is 2.09. The van der Waals surface area contributed by atoms with Gasteiger partial charge in [-0.05, 0) is 24.3 Å². The Morgan fingerprint density at radius 1 is 0.840 bits per heavy atom. The van der Waals surface area contributed by atoms with E-state index < -0.39 is 0 Å². The molecular weight excluding hydrogens is 324 g/mol. The van der Waals surface area contributed by atoms with E-state index in [-0.39, 0.29) is 12.0 Å². The molecule has 3 aromatic rings. The van der Waals surface area contributed by atoms with Crippen LogP contribution in [0.1, 0.15) is 5.76 Å². The highest BCUT2D eigenvalue weighted by molar-refractivity contribution is 5.77. The van der Waals surface area contributed by atoms with Crippen LogP contribution in [0.3, 0.4) is 0 Å². The Kier molecular flexibility index (Phi) is 4.79. The first-order valence-corrected chi connectivity index (χ1v) is 7.60. The zero-order chi connectivity index (χ0) is 17.8. The molecule has 0 aliphatic heterocycles. The highest BCUT2D eigenvalue weighted by Crippen LogP contribution is 2.31. The van der Waals surface area contributed by atoms with Crippen LogP contribution in [0.5, 0.6) is 23.0 Å². The first kappa shape index (κ1) is 16.7. The van der Waals surface area contributed by atoms with E-state index in [1.165, 1.54) is 6.07 Å². The second-order valence-corrected chi connectivity index (χ2v) is 5.24. The Morgan fingerprint density at radius 3 is 2.32 bits per heavy atom. The molecule has 0 saturated heterocycles. The van der Waals surface area contributed by atoms with Crippen molar-refractivity contribution in [3.8, 4) is 23.0 Å². The van der Waals surface area contributed by atoms with Crippen molar-refractivity contribution in [3.63, 3.8) is 0 Å². The normalized spacial score (nSPS) is 10.5. The fourth-order valence-electron chi connectivity index (χ4n) is 2.44. The second kappa shape index (κ2) is 7.17. The van der Waals surface area contributed by atoms with Crippen LogP contribution >= 0.6 is 0 Å². The molecule has 1 aromatic heterocycles. The summed E-state index contributed by atoms with van der Waals surface area (Å²) in [5.74, 6) is 2.78. The van der Waals surface area contributed by atoms with E-state index in [2.05, 4.69) is 0 Å². The first-order valence-electron chi connectivity index (χ1n) is 7.60. The largest absolute Gasteiger partial charge is 0.497 e. The molecular formula is C19H18O6. The third kappa shape index (κ3) is 3.52. The number of fused-ring (bicyclic) bond motifs is 1. The lowest BCUT2D eigenvalue weighted by Gasteiger charge is -2.11. The minimum absolute atomic E-state index is 0.109. The maximum absolute atomic E-state index is 12.2. The summed E-state index contributed by atoms with van der Waals surface area (Å²) in [6.45, 7) is 0.109. The molecule has 0 saturated carbocycles. The van der Waals surface area contributed by atoms with E-state index in [9.17, 15) is 4.79 Å². The summed E-state index contributed by atoms with van der Waals surface area (Å²) >= 11 is 0. The summed E-state index contributed by atoms with van der Waals surface area (Å²) in [5, 5.41) is 0.496. The van der Waals surface area contributed by atoms with Gasteiger partial charge in [0.05, 0.1) is 26.7 Å². The lowest BCUT2D eigenvalue weighted by molar-refractivity contribution is 0.269. The Bertz CT molecular complexity index is 944. The molecule has 130 valence electrons. The van der Waals surface area contributed by atoms with Gasteiger partial charge >= 0.3 is 0 Å². The molecule has 0 bridgehead atoms. The average molecular weight is 342 g/mol. The molecule has 25 heavy (non-hydrogen) atoms. The fourth-order valence-corrected chi connectivity index (χ4v) is 2.44. The predicted octanol–water partition coefficient (Wildman–Crippen LogP) is 3.40. The van der Waals surface area contributed by atoms with E-state index in [0.717, 1.165) is 0 Å². The third-order valence-corrected chi connectivity index (χ3v) is 3.72. The summed E-state index contributed by atoms with van der Waals surface area (Å²) in [4.78, 5) is 12.2. The van der Waals surface area contributed by atoms with Crippen molar-refractivity contribution in [1.29, 1.82) is 0 Å². The SMILES string of the molecule is COc1ccc2c(=O)cc(COc3ccc(OC)c(OC)c3)oc2c1. The third-order valence-electron chi connectivity index (χ3n) is 3.72. The van der Waals surface area contributed by atoms with Gasteiger partial charge in [-0.15, -0.1) is 0 Å². The van der Waals surface area contributed by atoms with Crippen LogP contribution in [0.2, 0.25) is 0 Å². The average Bonchev–Trinajstić information content (AvgIpc) is 2.65. The van der Waals surface area contributed by atoms with Crippen molar-refractivity contribution in [2.75, 3.05) is 21.3 Å². The van der Waals surface area contributed by atoms with Gasteiger partial charge in [0.25, 0.3) is 0 Å². The smallest absolute Gasteiger partial charge is 0.193 e. The summed E-state index contributed by atoms with van der Waals surface area (Å²) in [5.41, 5.74) is 0.326. The van der Waals surface area contributed by atoms with Gasteiger partial charge in [0.1, 0.15) is 29.4 Å². The Hall–Kier alpha value is -3.15. The number of rotatable bonds is 6. The zero-order valence-corrected chi connectivity index (χ0v) is 14.2. The van der Waals surface area contributed by atoms with Gasteiger partial charge in [0.15, 0.2) is 16.9 Å². The molecule has 0 aliphatic rings. The maximum atomic E-state index is 12.2. The first-order chi connectivity index (χ1) is 12.1. The van der Waals surface area contributed by atoms with Crippen molar-refractivity contribution in [1.82, 2.24) is 0 Å². The number of methoxy groups -OCH3 is 3. The Morgan fingerprint density at radius 2 is 1.60 bits per heavy atom. The minimum atomic E-state index is -0.130. The van der Waals surface area contributed by atoms with Crippen molar-refractivity contribution in [2.24, 2.45) is 0 Å². The van der Waals surface area contributed by atoms with Gasteiger partial charge in [0.2, 0.25) is 0 Å². The highest BCUT2D eigenvalue weighted by atomic mass is 16.5. The minimum Gasteiger partial charge on any atom is -0.497 e. The number of hydrogen-bond acceptors (Lipinski definition) is 6. The van der Waals surface area contributed by atoms with Gasteiger partial charge in [-0.25, -0.2) is 0 Å². The van der Waals surface area contributed by atoms with Gasteiger partial charge in [-0.3, -0.25) is 4.79 Å².